The Morgan fingerprint density at radius 1 is 0.245 bits per heavy atom. The fourth-order valence-electron chi connectivity index (χ4n) is 13.1. The highest BCUT2D eigenvalue weighted by molar-refractivity contribution is 8.14. The molecule has 0 saturated carbocycles. The number of benzene rings is 14. The molecular weight excluding hydrogens is 1850 g/mol. The van der Waals surface area contributed by atoms with Gasteiger partial charge in [0.1, 0.15) is 26.4 Å². The summed E-state index contributed by atoms with van der Waals surface area (Å²) in [7, 11) is 0. The summed E-state index contributed by atoms with van der Waals surface area (Å²) < 4.78 is 20.5. The normalized spacial score (nSPS) is 11.6. The van der Waals surface area contributed by atoms with Crippen LogP contribution in [0, 0.1) is 34.0 Å². The molecule has 0 spiro atoms. The zero-order valence-corrected chi connectivity index (χ0v) is 89.3. The number of hydrogen-bond acceptors (Lipinski definition) is 16. The van der Waals surface area contributed by atoms with Gasteiger partial charge in [-0.3, -0.25) is 28.8 Å². The topological polar surface area (TPSA) is 173 Å². The van der Waals surface area contributed by atoms with Gasteiger partial charge >= 0.3 is 23.9 Å². The number of carbonyl (C=O) groups excluding carboxylic acids is 8. The van der Waals surface area contributed by atoms with E-state index in [0.29, 0.717) is 23.5 Å². The van der Waals surface area contributed by atoms with Crippen LogP contribution in [0.4, 0.5) is 0 Å². The predicted octanol–water partition coefficient (Wildman–Crippen LogP) is 34.3. The van der Waals surface area contributed by atoms with Gasteiger partial charge in [0.25, 0.3) is 0 Å². The van der Waals surface area contributed by atoms with Gasteiger partial charge in [0.05, 0.1) is 22.5 Å². The van der Waals surface area contributed by atoms with Crippen molar-refractivity contribution in [1.82, 2.24) is 0 Å². The van der Waals surface area contributed by atoms with E-state index < -0.39 is 17.4 Å². The maximum atomic E-state index is 12.4. The summed E-state index contributed by atoms with van der Waals surface area (Å²) >= 11 is 5.40. The molecule has 14 aromatic rings. The standard InChI is InChI=1S/C21H24O4.C20H22O4.2C18H20OS.2C17H18OS.C16H18/c1-4-21(2,3)20(23)25-15-14-24-19(22)18-12-10-17(11-13-18)16-8-6-5-7-9-16;1-3-15(2)19(21)23-13-14-24-20(22)18-11-9-17(10-12-18)16-7-5-4-6-8-16;1-4-18(2,3)17(19)20-16-13-9-8-12-15(16)14-10-6-5-7-11-14;1-4-18(2,3)17(19)20-16-12-10-15(11-13-16)14-8-6-5-7-9-14;1-3-13(2)17(18)19-16-12-8-7-11-15(16)14-9-5-4-6-10-14;1-3-13(2)17(18)19-16-11-9-15(10-12-16)14-7-5-4-6-8-14;1-3-13(2)14-9-11-16(12-10-14)15-7-5-4-6-8-15/h5-13H,4,14-15H2,1-3H3;4-12,15H,3,13-14H2,1-2H3;2*5-13H,4H2,1-3H3;2*4-13H,3H2,1-2H3;4-13H,3H2,1-2H3. The van der Waals surface area contributed by atoms with E-state index in [1.165, 1.54) is 92.4 Å². The first-order valence-corrected chi connectivity index (χ1v) is 52.7. The largest absolute Gasteiger partial charge is 0.462 e. The number of hydrogen-bond donors (Lipinski definition) is 0. The molecule has 0 bridgehead atoms. The zero-order chi connectivity index (χ0) is 104. The number of ether oxygens (including phenoxy) is 4. The van der Waals surface area contributed by atoms with Crippen molar-refractivity contribution in [3.05, 3.63) is 399 Å². The van der Waals surface area contributed by atoms with E-state index in [9.17, 15) is 38.4 Å². The van der Waals surface area contributed by atoms with Gasteiger partial charge < -0.3 is 18.9 Å². The van der Waals surface area contributed by atoms with E-state index in [1.807, 2.05) is 308 Å². The lowest BCUT2D eigenvalue weighted by atomic mass is 9.91. The van der Waals surface area contributed by atoms with Crippen LogP contribution < -0.4 is 0 Å². The Morgan fingerprint density at radius 2 is 0.503 bits per heavy atom. The summed E-state index contributed by atoms with van der Waals surface area (Å²) in [6.45, 7) is 34.3. The second-order valence-corrected chi connectivity index (χ2v) is 40.7. The van der Waals surface area contributed by atoms with Gasteiger partial charge in [-0.25, -0.2) is 9.59 Å². The third-order valence-electron chi connectivity index (χ3n) is 24.8. The molecule has 4 atom stereocenters. The molecule has 0 aromatic heterocycles. The van der Waals surface area contributed by atoms with Crippen molar-refractivity contribution in [2.45, 2.75) is 188 Å². The van der Waals surface area contributed by atoms with Crippen LogP contribution in [-0.4, -0.2) is 70.8 Å². The van der Waals surface area contributed by atoms with Gasteiger partial charge in [-0.1, -0.05) is 472 Å². The van der Waals surface area contributed by atoms with Crippen LogP contribution in [0.5, 0.6) is 0 Å². The third-order valence-corrected chi connectivity index (χ3v) is 29.7. The fourth-order valence-corrected chi connectivity index (χ4v) is 17.0. The van der Waals surface area contributed by atoms with Gasteiger partial charge in [0.2, 0.25) is 0 Å². The van der Waals surface area contributed by atoms with Crippen LogP contribution in [0.25, 0.3) is 77.9 Å². The van der Waals surface area contributed by atoms with E-state index in [-0.39, 0.29) is 87.4 Å². The van der Waals surface area contributed by atoms with E-state index in [2.05, 4.69) is 167 Å². The van der Waals surface area contributed by atoms with Crippen LogP contribution in [0.3, 0.4) is 0 Å². The minimum atomic E-state index is -0.517. The van der Waals surface area contributed by atoms with Crippen molar-refractivity contribution in [3.63, 3.8) is 0 Å². The molecule has 14 aromatic carbocycles. The average molecular weight is 1990 g/mol. The van der Waals surface area contributed by atoms with Gasteiger partial charge in [0.15, 0.2) is 20.5 Å². The highest BCUT2D eigenvalue weighted by atomic mass is 32.2. The molecule has 16 heteroatoms. The Labute approximate surface area is 867 Å². The summed E-state index contributed by atoms with van der Waals surface area (Å²) in [6, 6.07) is 127. The Hall–Kier alpha value is -13.0. The molecule has 0 N–H and O–H groups in total. The van der Waals surface area contributed by atoms with Gasteiger partial charge in [-0.15, -0.1) is 0 Å². The number of esters is 4. The van der Waals surface area contributed by atoms with Gasteiger partial charge in [0, 0.05) is 42.2 Å². The zero-order valence-electron chi connectivity index (χ0n) is 86.0. The van der Waals surface area contributed by atoms with Crippen LogP contribution in [0.2, 0.25) is 0 Å². The smallest absolute Gasteiger partial charge is 0.338 e. The van der Waals surface area contributed by atoms with E-state index in [1.54, 1.807) is 24.3 Å². The molecule has 0 heterocycles. The van der Waals surface area contributed by atoms with Crippen LogP contribution in [-0.2, 0) is 47.7 Å². The first-order valence-electron chi connectivity index (χ1n) is 49.5. The van der Waals surface area contributed by atoms with Crippen molar-refractivity contribution >= 4 is 91.4 Å². The maximum absolute atomic E-state index is 12.4. The molecule has 0 aliphatic heterocycles. The Bertz CT molecular complexity index is 6160. The van der Waals surface area contributed by atoms with Gasteiger partial charge in [-0.2, -0.15) is 0 Å². The minimum absolute atomic E-state index is 0.0464. The fraction of sp³-hybridized carbons (Fsp3) is 0.276. The number of carbonyl (C=O) groups is 8. The Kier molecular flexibility index (Phi) is 49.3. The highest BCUT2D eigenvalue weighted by Crippen LogP contribution is 2.40. The molecular formula is C127H140O12S4. The Balaban J connectivity index is 0.000000205. The summed E-state index contributed by atoms with van der Waals surface area (Å²) in [5.41, 5.74) is 17.5. The van der Waals surface area contributed by atoms with Crippen molar-refractivity contribution in [2.24, 2.45) is 34.0 Å². The van der Waals surface area contributed by atoms with Crippen molar-refractivity contribution in [2.75, 3.05) is 26.4 Å². The lowest BCUT2D eigenvalue weighted by molar-refractivity contribution is -0.155. The van der Waals surface area contributed by atoms with Crippen molar-refractivity contribution in [1.29, 1.82) is 0 Å². The second kappa shape index (κ2) is 61.1. The maximum Gasteiger partial charge on any atom is 0.338 e. The monoisotopic (exact) mass is 1980 g/mol. The molecule has 0 aliphatic carbocycles. The summed E-state index contributed by atoms with van der Waals surface area (Å²) in [6.07, 6.45) is 6.12. The van der Waals surface area contributed by atoms with E-state index in [4.69, 9.17) is 18.9 Å². The minimum Gasteiger partial charge on any atom is -0.462 e. The lowest BCUT2D eigenvalue weighted by Crippen LogP contribution is -2.27. The molecule has 4 unspecified atom stereocenters. The van der Waals surface area contributed by atoms with Crippen LogP contribution in [0.1, 0.15) is 195 Å². The quantitative estimate of drug-likeness (QED) is 0.0164. The first kappa shape index (κ1) is 115. The number of rotatable bonds is 33. The second-order valence-electron chi connectivity index (χ2n) is 36.5. The molecule has 0 saturated heterocycles. The summed E-state index contributed by atoms with van der Waals surface area (Å²) in [4.78, 5) is 100.0. The first-order chi connectivity index (χ1) is 68.9. The van der Waals surface area contributed by atoms with Crippen LogP contribution >= 0.6 is 47.0 Å². The predicted molar refractivity (Wildman–Crippen MR) is 598 cm³/mol. The summed E-state index contributed by atoms with van der Waals surface area (Å²) in [5, 5.41) is 0.941. The van der Waals surface area contributed by atoms with Gasteiger partial charge in [-0.05, 0) is 209 Å². The molecule has 0 radical (unpaired) electrons. The van der Waals surface area contributed by atoms with Crippen molar-refractivity contribution < 1.29 is 57.3 Å². The van der Waals surface area contributed by atoms with E-state index in [0.717, 1.165) is 96.2 Å². The van der Waals surface area contributed by atoms with Crippen molar-refractivity contribution in [3.8, 4) is 77.9 Å². The Morgan fingerprint density at radius 3 is 0.825 bits per heavy atom. The van der Waals surface area contributed by atoms with Crippen LogP contribution in [0.15, 0.2) is 402 Å². The molecule has 143 heavy (non-hydrogen) atoms. The third kappa shape index (κ3) is 38.7. The molecule has 0 amide bonds. The lowest BCUT2D eigenvalue weighted by Gasteiger charge is -2.20. The molecule has 0 aliphatic rings. The molecule has 12 nitrogen and oxygen atoms in total. The highest BCUT2D eigenvalue weighted by Gasteiger charge is 2.30. The SMILES string of the molecule is CCC(C)(C)C(=O)OCCOC(=O)c1ccc(-c2ccccc2)cc1.CCC(C)(C)C(=O)Sc1ccc(-c2ccccc2)cc1.CCC(C)(C)C(=O)Sc1ccccc1-c1ccccc1.CCC(C)C(=O)OCCOC(=O)c1ccc(-c2ccccc2)cc1.CCC(C)C(=O)Sc1ccc(-c2ccccc2)cc1.CCC(C)C(=O)Sc1ccccc1-c1ccccc1.CCC(C)c1ccc(-c2ccccc2)cc1. The average Bonchev–Trinajstić information content (AvgIpc) is 0.954. The van der Waals surface area contributed by atoms with E-state index >= 15 is 0 Å². The summed E-state index contributed by atoms with van der Waals surface area (Å²) in [5.74, 6) is -0.637. The molecule has 14 rings (SSSR count). The number of thioether (sulfide) groups is 4. The molecule has 0 fully saturated rings. The molecule has 744 valence electrons.